The average Bonchev–Trinajstić information content (AvgIpc) is 3.05. The van der Waals surface area contributed by atoms with Gasteiger partial charge in [0.1, 0.15) is 5.75 Å². The predicted octanol–water partition coefficient (Wildman–Crippen LogP) is 4.65. The number of nitrogens with zero attached hydrogens (tertiary/aromatic N) is 2. The van der Waals surface area contributed by atoms with Crippen LogP contribution in [-0.2, 0) is 17.5 Å². The van der Waals surface area contributed by atoms with Gasteiger partial charge in [0.15, 0.2) is 16.7 Å². The van der Waals surface area contributed by atoms with Crippen LogP contribution in [0.2, 0.25) is 0 Å². The minimum absolute atomic E-state index is 0.142. The van der Waals surface area contributed by atoms with E-state index in [1.165, 1.54) is 11.3 Å². The van der Waals surface area contributed by atoms with Gasteiger partial charge in [-0.2, -0.15) is 0 Å². The number of nitrogens with one attached hydrogen (secondary N) is 1. The van der Waals surface area contributed by atoms with Crippen LogP contribution in [0, 0.1) is 0 Å². The molecule has 6 nitrogen and oxygen atoms in total. The third-order valence-electron chi connectivity index (χ3n) is 3.31. The molecular formula is C17H15BrN3O3S2-. The van der Waals surface area contributed by atoms with Gasteiger partial charge in [0.05, 0.1) is 5.69 Å². The number of benzene rings is 1. The van der Waals surface area contributed by atoms with Crippen LogP contribution >= 0.6 is 27.3 Å². The second-order valence-corrected chi connectivity index (χ2v) is 8.09. The van der Waals surface area contributed by atoms with Crippen LogP contribution in [0.25, 0.3) is 0 Å². The Bertz CT molecular complexity index is 890. The Kier molecular flexibility index (Phi) is 6.73. The first-order valence-corrected chi connectivity index (χ1v) is 10.7. The van der Waals surface area contributed by atoms with Crippen LogP contribution in [0.1, 0.15) is 12.1 Å². The number of anilines is 2. The second kappa shape index (κ2) is 9.22. The maximum atomic E-state index is 10.6. The van der Waals surface area contributed by atoms with Gasteiger partial charge in [-0.25, -0.2) is 9.97 Å². The summed E-state index contributed by atoms with van der Waals surface area (Å²) in [5.74, 6) is 1.98. The number of thiazole rings is 1. The Morgan fingerprint density at radius 3 is 2.88 bits per heavy atom. The van der Waals surface area contributed by atoms with Gasteiger partial charge in [0.2, 0.25) is 0 Å². The molecule has 0 amide bonds. The van der Waals surface area contributed by atoms with Gasteiger partial charge in [-0.1, -0.05) is 29.3 Å². The van der Waals surface area contributed by atoms with E-state index >= 15 is 0 Å². The third kappa shape index (κ3) is 5.60. The van der Waals surface area contributed by atoms with Crippen molar-refractivity contribution in [3.05, 3.63) is 58.1 Å². The molecule has 3 rings (SSSR count). The van der Waals surface area contributed by atoms with Crippen LogP contribution in [0.5, 0.6) is 11.5 Å². The Morgan fingerprint density at radius 1 is 1.31 bits per heavy atom. The van der Waals surface area contributed by atoms with E-state index in [9.17, 15) is 8.76 Å². The number of hydrogen-bond acceptors (Lipinski definition) is 7. The fraction of sp³-hybridized carbons (Fsp3) is 0.176. The molecule has 0 aliphatic carbocycles. The van der Waals surface area contributed by atoms with Gasteiger partial charge in [-0.15, -0.1) is 11.3 Å². The third-order valence-corrected chi connectivity index (χ3v) is 5.17. The lowest BCUT2D eigenvalue weighted by Gasteiger charge is -2.11. The number of hydrogen-bond donors (Lipinski definition) is 1. The smallest absolute Gasteiger partial charge is 0.188 e. The van der Waals surface area contributed by atoms with Crippen LogP contribution in [-0.4, -0.2) is 24.5 Å². The van der Waals surface area contributed by atoms with Gasteiger partial charge in [-0.05, 0) is 40.9 Å². The molecule has 3 aromatic rings. The molecule has 0 aliphatic rings. The lowest BCUT2D eigenvalue weighted by molar-refractivity contribution is 0.482. The molecule has 0 saturated heterocycles. The van der Waals surface area contributed by atoms with Crippen molar-refractivity contribution in [2.45, 2.75) is 12.8 Å². The molecule has 1 aromatic carbocycles. The summed E-state index contributed by atoms with van der Waals surface area (Å²) in [7, 11) is 0. The topological polar surface area (TPSA) is 87.2 Å². The first-order valence-electron chi connectivity index (χ1n) is 7.76. The van der Waals surface area contributed by atoms with Crippen molar-refractivity contribution in [1.29, 1.82) is 0 Å². The highest BCUT2D eigenvalue weighted by atomic mass is 79.9. The average molecular weight is 453 g/mol. The van der Waals surface area contributed by atoms with Crippen molar-refractivity contribution in [2.75, 3.05) is 11.1 Å². The lowest BCUT2D eigenvalue weighted by atomic mass is 10.3. The van der Waals surface area contributed by atoms with Crippen molar-refractivity contribution in [1.82, 2.24) is 9.97 Å². The summed E-state index contributed by atoms with van der Waals surface area (Å²) >= 11 is 2.83. The van der Waals surface area contributed by atoms with E-state index in [0.29, 0.717) is 35.3 Å². The normalized spacial score (nSPS) is 11.9. The predicted molar refractivity (Wildman–Crippen MR) is 106 cm³/mol. The Labute approximate surface area is 166 Å². The van der Waals surface area contributed by atoms with E-state index in [1.54, 1.807) is 6.20 Å². The highest BCUT2D eigenvalue weighted by Crippen LogP contribution is 2.33. The van der Waals surface area contributed by atoms with Crippen LogP contribution in [0.3, 0.4) is 0 Å². The molecule has 26 heavy (non-hydrogen) atoms. The molecule has 9 heteroatoms. The minimum atomic E-state index is -2.01. The van der Waals surface area contributed by atoms with Gasteiger partial charge >= 0.3 is 0 Å². The van der Waals surface area contributed by atoms with Crippen molar-refractivity contribution < 1.29 is 13.5 Å². The number of pyridine rings is 1. The fourth-order valence-electron chi connectivity index (χ4n) is 2.16. The van der Waals surface area contributed by atoms with E-state index in [0.717, 1.165) is 10.2 Å². The standard InChI is InChI=1S/C17H16BrN3O3S2/c18-12-9-15(24-14-6-2-1-3-7-14)16(19-10-12)21-17-20-13(11-25-17)5-4-8-26(22)23/h1-3,6-7,9-11H,4-5,8H2,(H,22,23)(H,19,20,21)/p-1. The van der Waals surface area contributed by atoms with Gasteiger partial charge < -0.3 is 14.6 Å². The first-order chi connectivity index (χ1) is 12.6. The molecular weight excluding hydrogens is 438 g/mol. The molecule has 0 radical (unpaired) electrons. The summed E-state index contributed by atoms with van der Waals surface area (Å²) in [6.07, 6.45) is 2.85. The highest BCUT2D eigenvalue weighted by Gasteiger charge is 2.10. The lowest BCUT2D eigenvalue weighted by Crippen LogP contribution is -1.99. The number of halogens is 1. The summed E-state index contributed by atoms with van der Waals surface area (Å²) in [6.45, 7) is 0. The second-order valence-electron chi connectivity index (χ2n) is 5.30. The number of aryl methyl sites for hydroxylation is 1. The molecule has 0 fully saturated rings. The van der Waals surface area contributed by atoms with Crippen LogP contribution < -0.4 is 10.1 Å². The highest BCUT2D eigenvalue weighted by molar-refractivity contribution is 9.10. The molecule has 136 valence electrons. The molecule has 0 spiro atoms. The van der Waals surface area contributed by atoms with Gasteiger partial charge in [-0.3, -0.25) is 4.21 Å². The Balaban J connectivity index is 1.71. The number of ether oxygens (including phenoxy) is 1. The molecule has 2 aromatic heterocycles. The van der Waals surface area contributed by atoms with E-state index in [2.05, 4.69) is 31.2 Å². The largest absolute Gasteiger partial charge is 0.772 e. The van der Waals surface area contributed by atoms with E-state index in [-0.39, 0.29) is 5.75 Å². The fourth-order valence-corrected chi connectivity index (χ4v) is 3.59. The summed E-state index contributed by atoms with van der Waals surface area (Å²) < 4.78 is 27.9. The van der Waals surface area contributed by atoms with Gasteiger partial charge in [0.25, 0.3) is 0 Å². The molecule has 0 bridgehead atoms. The zero-order valence-electron chi connectivity index (χ0n) is 13.6. The number of aromatic nitrogens is 2. The number of rotatable bonds is 8. The van der Waals surface area contributed by atoms with Crippen molar-refractivity contribution in [3.8, 4) is 11.5 Å². The van der Waals surface area contributed by atoms with E-state index < -0.39 is 11.1 Å². The monoisotopic (exact) mass is 452 g/mol. The van der Waals surface area contributed by atoms with Gasteiger partial charge in [0, 0.05) is 27.9 Å². The quantitative estimate of drug-likeness (QED) is 0.500. The maximum absolute atomic E-state index is 10.6. The summed E-state index contributed by atoms with van der Waals surface area (Å²) in [5.41, 5.74) is 0.852. The Hall–Kier alpha value is -1.81. The summed E-state index contributed by atoms with van der Waals surface area (Å²) in [6, 6.07) is 11.3. The molecule has 1 atom stereocenters. The SMILES string of the molecule is O=S([O-])CCCc1csc(Nc2ncc(Br)cc2Oc2ccccc2)n1. The van der Waals surface area contributed by atoms with Crippen molar-refractivity contribution in [2.24, 2.45) is 0 Å². The van der Waals surface area contributed by atoms with E-state index in [4.69, 9.17) is 4.74 Å². The van der Waals surface area contributed by atoms with Crippen LogP contribution in [0.15, 0.2) is 52.4 Å². The first kappa shape index (κ1) is 19.0. The molecule has 0 saturated carbocycles. The Morgan fingerprint density at radius 2 is 2.12 bits per heavy atom. The molecule has 0 aliphatic heterocycles. The zero-order chi connectivity index (χ0) is 18.4. The minimum Gasteiger partial charge on any atom is -0.772 e. The molecule has 1 N–H and O–H groups in total. The van der Waals surface area contributed by atoms with E-state index in [1.807, 2.05) is 41.8 Å². The summed E-state index contributed by atoms with van der Waals surface area (Å²) in [5, 5.41) is 5.75. The molecule has 1 unspecified atom stereocenters. The van der Waals surface area contributed by atoms with Crippen molar-refractivity contribution >= 4 is 49.3 Å². The maximum Gasteiger partial charge on any atom is 0.188 e. The van der Waals surface area contributed by atoms with Crippen molar-refractivity contribution in [3.63, 3.8) is 0 Å². The number of para-hydroxylation sites is 1. The van der Waals surface area contributed by atoms with Crippen LogP contribution in [0.4, 0.5) is 10.9 Å². The summed E-state index contributed by atoms with van der Waals surface area (Å²) in [4.78, 5) is 8.84. The molecule has 2 heterocycles. The zero-order valence-corrected chi connectivity index (χ0v) is 16.8.